The average molecular weight is 406 g/mol. The van der Waals surface area contributed by atoms with Gasteiger partial charge in [0.1, 0.15) is 21.6 Å². The van der Waals surface area contributed by atoms with E-state index in [9.17, 15) is 9.59 Å². The molecule has 2 aromatic heterocycles. The number of amides is 1. The minimum absolute atomic E-state index is 0.0962. The first-order valence-corrected chi connectivity index (χ1v) is 8.88. The standard InChI is InChI=1S/C19H17Cl2N3O3/c1-19(2,3)27-18(26)16-15(11-6-4-5-7-12(11)22-16)24-17(25)10-8-13(20)23-14(21)9-10/h4-9,22H,1-3H3,(H,24,25). The van der Waals surface area contributed by atoms with Gasteiger partial charge < -0.3 is 15.0 Å². The zero-order chi connectivity index (χ0) is 19.8. The number of ether oxygens (including phenoxy) is 1. The molecule has 0 fully saturated rings. The number of hydrogen-bond acceptors (Lipinski definition) is 4. The topological polar surface area (TPSA) is 84.1 Å². The Morgan fingerprint density at radius 1 is 1.11 bits per heavy atom. The summed E-state index contributed by atoms with van der Waals surface area (Å²) in [5.74, 6) is -1.05. The highest BCUT2D eigenvalue weighted by Gasteiger charge is 2.25. The molecule has 0 atom stereocenters. The lowest BCUT2D eigenvalue weighted by molar-refractivity contribution is 0.00651. The van der Waals surface area contributed by atoms with E-state index < -0.39 is 17.5 Å². The van der Waals surface area contributed by atoms with E-state index in [0.29, 0.717) is 16.6 Å². The molecule has 0 spiro atoms. The van der Waals surface area contributed by atoms with E-state index in [0.717, 1.165) is 0 Å². The van der Waals surface area contributed by atoms with E-state index in [4.69, 9.17) is 27.9 Å². The van der Waals surface area contributed by atoms with Gasteiger partial charge in [-0.1, -0.05) is 41.4 Å². The molecule has 0 bridgehead atoms. The van der Waals surface area contributed by atoms with Crippen molar-refractivity contribution in [3.05, 3.63) is 58.0 Å². The monoisotopic (exact) mass is 405 g/mol. The number of H-pyrrole nitrogens is 1. The van der Waals surface area contributed by atoms with Crippen LogP contribution in [-0.2, 0) is 4.74 Å². The molecule has 2 N–H and O–H groups in total. The fourth-order valence-electron chi connectivity index (χ4n) is 2.54. The number of aromatic nitrogens is 2. The number of carbonyl (C=O) groups excluding carboxylic acids is 2. The summed E-state index contributed by atoms with van der Waals surface area (Å²) in [6.07, 6.45) is 0. The second-order valence-electron chi connectivity index (χ2n) is 6.88. The Morgan fingerprint density at radius 2 is 1.74 bits per heavy atom. The smallest absolute Gasteiger partial charge is 0.357 e. The number of nitrogens with one attached hydrogen (secondary N) is 2. The van der Waals surface area contributed by atoms with Crippen LogP contribution in [0.4, 0.5) is 5.69 Å². The number of anilines is 1. The lowest BCUT2D eigenvalue weighted by Gasteiger charge is -2.19. The van der Waals surface area contributed by atoms with Gasteiger partial charge in [0.2, 0.25) is 0 Å². The Bertz CT molecular complexity index is 1020. The second-order valence-corrected chi connectivity index (χ2v) is 7.65. The van der Waals surface area contributed by atoms with Crippen LogP contribution in [0.2, 0.25) is 10.3 Å². The van der Waals surface area contributed by atoms with E-state index in [1.54, 1.807) is 32.9 Å². The van der Waals surface area contributed by atoms with Crippen molar-refractivity contribution in [1.29, 1.82) is 0 Å². The minimum atomic E-state index is -0.679. The summed E-state index contributed by atoms with van der Waals surface area (Å²) in [5.41, 5.74) is 0.724. The average Bonchev–Trinajstić information content (AvgIpc) is 2.91. The number of fused-ring (bicyclic) bond motifs is 1. The van der Waals surface area contributed by atoms with Crippen LogP contribution in [-0.4, -0.2) is 27.4 Å². The zero-order valence-corrected chi connectivity index (χ0v) is 16.4. The fourth-order valence-corrected chi connectivity index (χ4v) is 3.00. The van der Waals surface area contributed by atoms with E-state index in [2.05, 4.69) is 15.3 Å². The summed E-state index contributed by atoms with van der Waals surface area (Å²) in [7, 11) is 0. The number of benzene rings is 1. The van der Waals surface area contributed by atoms with Crippen LogP contribution in [0, 0.1) is 0 Å². The van der Waals surface area contributed by atoms with Crippen LogP contribution < -0.4 is 5.32 Å². The molecule has 3 aromatic rings. The molecule has 0 aliphatic heterocycles. The first-order chi connectivity index (χ1) is 12.6. The van der Waals surface area contributed by atoms with Crippen LogP contribution in [0.15, 0.2) is 36.4 Å². The van der Waals surface area contributed by atoms with Crippen LogP contribution >= 0.6 is 23.2 Å². The number of aromatic amines is 1. The van der Waals surface area contributed by atoms with E-state index in [-0.39, 0.29) is 21.6 Å². The number of nitrogens with zero attached hydrogens (tertiary/aromatic N) is 1. The molecule has 0 aliphatic rings. The normalized spacial score (nSPS) is 11.4. The molecule has 2 heterocycles. The molecular formula is C19H17Cl2N3O3. The molecule has 3 rings (SSSR count). The maximum atomic E-state index is 12.7. The van der Waals surface area contributed by atoms with Gasteiger partial charge in [-0.3, -0.25) is 4.79 Å². The van der Waals surface area contributed by atoms with Gasteiger partial charge in [-0.2, -0.15) is 0 Å². The number of carbonyl (C=O) groups is 2. The third-order valence-electron chi connectivity index (χ3n) is 3.57. The lowest BCUT2D eigenvalue weighted by atomic mass is 10.1. The van der Waals surface area contributed by atoms with Gasteiger partial charge >= 0.3 is 5.97 Å². The summed E-state index contributed by atoms with van der Waals surface area (Å²) < 4.78 is 5.45. The van der Waals surface area contributed by atoms with Crippen LogP contribution in [0.1, 0.15) is 41.6 Å². The van der Waals surface area contributed by atoms with Gasteiger partial charge in [0.15, 0.2) is 0 Å². The van der Waals surface area contributed by atoms with Gasteiger partial charge in [-0.15, -0.1) is 0 Å². The van der Waals surface area contributed by atoms with Crippen molar-refractivity contribution < 1.29 is 14.3 Å². The Morgan fingerprint density at radius 3 is 2.37 bits per heavy atom. The van der Waals surface area contributed by atoms with Crippen molar-refractivity contribution in [2.45, 2.75) is 26.4 Å². The molecule has 6 nitrogen and oxygen atoms in total. The molecule has 0 aliphatic carbocycles. The highest BCUT2D eigenvalue weighted by atomic mass is 35.5. The summed E-state index contributed by atoms with van der Waals surface area (Å²) in [6.45, 7) is 5.31. The summed E-state index contributed by atoms with van der Waals surface area (Å²) >= 11 is 11.7. The van der Waals surface area contributed by atoms with Crippen LogP contribution in [0.25, 0.3) is 10.9 Å². The second kappa shape index (κ2) is 7.21. The molecule has 140 valence electrons. The molecule has 0 radical (unpaired) electrons. The van der Waals surface area contributed by atoms with Gasteiger partial charge in [0.25, 0.3) is 5.91 Å². The van der Waals surface area contributed by atoms with E-state index in [1.165, 1.54) is 12.1 Å². The molecule has 27 heavy (non-hydrogen) atoms. The van der Waals surface area contributed by atoms with Gasteiger partial charge in [0, 0.05) is 16.5 Å². The minimum Gasteiger partial charge on any atom is -0.455 e. The Kier molecular flexibility index (Phi) is 5.13. The van der Waals surface area contributed by atoms with Crippen molar-refractivity contribution >= 4 is 51.7 Å². The Hall–Kier alpha value is -2.57. The van der Waals surface area contributed by atoms with Crippen molar-refractivity contribution in [3.8, 4) is 0 Å². The molecule has 8 heteroatoms. The predicted molar refractivity (Wildman–Crippen MR) is 106 cm³/mol. The quantitative estimate of drug-likeness (QED) is 0.470. The first kappa shape index (κ1) is 19.2. The number of halogens is 2. The third kappa shape index (κ3) is 4.40. The summed E-state index contributed by atoms with van der Waals surface area (Å²) in [5, 5.41) is 3.63. The lowest BCUT2D eigenvalue weighted by Crippen LogP contribution is -2.25. The molecule has 1 amide bonds. The van der Waals surface area contributed by atoms with E-state index >= 15 is 0 Å². The number of hydrogen-bond donors (Lipinski definition) is 2. The molecule has 0 saturated heterocycles. The summed E-state index contributed by atoms with van der Waals surface area (Å²) in [4.78, 5) is 32.2. The van der Waals surface area contributed by atoms with Crippen molar-refractivity contribution in [1.82, 2.24) is 9.97 Å². The van der Waals surface area contributed by atoms with Crippen LogP contribution in [0.3, 0.4) is 0 Å². The highest BCUT2D eigenvalue weighted by molar-refractivity contribution is 6.33. The van der Waals surface area contributed by atoms with E-state index in [1.807, 2.05) is 12.1 Å². The number of para-hydroxylation sites is 1. The number of pyridine rings is 1. The van der Waals surface area contributed by atoms with Crippen molar-refractivity contribution in [3.63, 3.8) is 0 Å². The Labute approximate surface area is 165 Å². The SMILES string of the molecule is CC(C)(C)OC(=O)c1[nH]c2ccccc2c1NC(=O)c1cc(Cl)nc(Cl)c1. The largest absolute Gasteiger partial charge is 0.455 e. The molecule has 0 saturated carbocycles. The van der Waals surface area contributed by atoms with Gasteiger partial charge in [-0.05, 0) is 39.0 Å². The Balaban J connectivity index is 2.03. The molecular weight excluding hydrogens is 389 g/mol. The van der Waals surface area contributed by atoms with Crippen molar-refractivity contribution in [2.24, 2.45) is 0 Å². The predicted octanol–water partition coefficient (Wildman–Crippen LogP) is 5.08. The molecule has 1 aromatic carbocycles. The maximum Gasteiger partial charge on any atom is 0.357 e. The molecule has 0 unspecified atom stereocenters. The first-order valence-electron chi connectivity index (χ1n) is 8.12. The summed E-state index contributed by atoms with van der Waals surface area (Å²) in [6, 6.07) is 10.0. The maximum absolute atomic E-state index is 12.7. The number of esters is 1. The van der Waals surface area contributed by atoms with Gasteiger partial charge in [0.05, 0.1) is 5.69 Å². The zero-order valence-electron chi connectivity index (χ0n) is 14.9. The van der Waals surface area contributed by atoms with Crippen LogP contribution in [0.5, 0.6) is 0 Å². The van der Waals surface area contributed by atoms with Gasteiger partial charge in [-0.25, -0.2) is 9.78 Å². The number of rotatable bonds is 3. The highest BCUT2D eigenvalue weighted by Crippen LogP contribution is 2.30. The third-order valence-corrected chi connectivity index (χ3v) is 3.96. The van der Waals surface area contributed by atoms with Crippen molar-refractivity contribution in [2.75, 3.05) is 5.32 Å². The fraction of sp³-hybridized carbons (Fsp3) is 0.211.